The van der Waals surface area contributed by atoms with Crippen LogP contribution in [0, 0.1) is 68.0 Å². The van der Waals surface area contributed by atoms with Gasteiger partial charge >= 0.3 is 0 Å². The first-order valence-corrected chi connectivity index (χ1v) is 17.5. The molecule has 0 atom stereocenters. The lowest BCUT2D eigenvalue weighted by molar-refractivity contribution is 0.500. The highest BCUT2D eigenvalue weighted by atomic mass is 16.3. The van der Waals surface area contributed by atoms with Gasteiger partial charge in [-0.05, 0) is 77.9 Å². The molecule has 0 aliphatic carbocycles. The monoisotopic (exact) mass is 750 g/mol. The third kappa shape index (κ3) is 5.64. The molecule has 0 spiro atoms. The van der Waals surface area contributed by atoms with Crippen LogP contribution in [0.5, 0.6) is 0 Å². The quantitative estimate of drug-likeness (QED) is 0.180. The van der Waals surface area contributed by atoms with E-state index in [1.165, 1.54) is 18.8 Å². The molecular weight excluding hydrogens is 721 g/mol. The van der Waals surface area contributed by atoms with Crippen LogP contribution in [-0.4, -0.2) is 15.0 Å². The fourth-order valence-electron chi connectivity index (χ4n) is 7.80. The highest BCUT2D eigenvalue weighted by Crippen LogP contribution is 2.47. The molecular formula is C42H30N12O3. The molecule has 15 heteroatoms. The predicted molar refractivity (Wildman–Crippen MR) is 201 cm³/mol. The zero-order chi connectivity index (χ0) is 40.7. The molecule has 7 heterocycles. The lowest BCUT2D eigenvalue weighted by atomic mass is 9.84. The molecule has 0 N–H and O–H groups in total. The minimum Gasteiger partial charge on any atom is -0.468 e. The summed E-state index contributed by atoms with van der Waals surface area (Å²) in [5.74, 6) is -1.27. The number of nitrogens with zero attached hydrogens (tertiary/aromatic N) is 12. The second kappa shape index (κ2) is 14.5. The molecule has 0 amide bonds. The summed E-state index contributed by atoms with van der Waals surface area (Å²) in [6, 6.07) is 23.7. The molecule has 0 bridgehead atoms. The van der Waals surface area contributed by atoms with Gasteiger partial charge in [0.1, 0.15) is 17.3 Å². The topological polar surface area (TPSA) is 231 Å². The molecule has 0 saturated carbocycles. The van der Waals surface area contributed by atoms with E-state index in [2.05, 4.69) is 36.4 Å². The van der Waals surface area contributed by atoms with Gasteiger partial charge < -0.3 is 13.3 Å². The van der Waals surface area contributed by atoms with Crippen molar-refractivity contribution in [3.63, 3.8) is 0 Å². The van der Waals surface area contributed by atoms with Crippen LogP contribution in [0.1, 0.15) is 76.6 Å². The second-order valence-electron chi connectivity index (χ2n) is 13.3. The molecule has 3 aliphatic heterocycles. The van der Waals surface area contributed by atoms with Crippen LogP contribution < -0.4 is 14.7 Å². The molecule has 0 saturated heterocycles. The van der Waals surface area contributed by atoms with Crippen molar-refractivity contribution in [2.45, 2.75) is 59.3 Å². The molecule has 0 radical (unpaired) electrons. The normalized spacial score (nSPS) is 17.2. The Morgan fingerprint density at radius 2 is 0.614 bits per heavy atom. The van der Waals surface area contributed by atoms with E-state index >= 15 is 0 Å². The van der Waals surface area contributed by atoms with Gasteiger partial charge in [0.15, 0.2) is 0 Å². The third-order valence-corrected chi connectivity index (χ3v) is 10.5. The molecule has 57 heavy (non-hydrogen) atoms. The fraction of sp³-hybridized carbons (Fsp3) is 0.214. The fourth-order valence-corrected chi connectivity index (χ4v) is 7.80. The Labute approximate surface area is 327 Å². The highest BCUT2D eigenvalue weighted by Gasteiger charge is 2.41. The van der Waals surface area contributed by atoms with Crippen molar-refractivity contribution in [1.29, 1.82) is 31.6 Å². The maximum absolute atomic E-state index is 10.5. The second-order valence-corrected chi connectivity index (χ2v) is 13.3. The van der Waals surface area contributed by atoms with Crippen LogP contribution in [0.4, 0.5) is 17.8 Å². The van der Waals surface area contributed by atoms with Gasteiger partial charge in [0.25, 0.3) is 0 Å². The van der Waals surface area contributed by atoms with Gasteiger partial charge in [-0.1, -0.05) is 0 Å². The number of hydrogen-bond acceptors (Lipinski definition) is 15. The predicted octanol–water partition coefficient (Wildman–Crippen LogP) is 8.25. The molecule has 7 rings (SSSR count). The van der Waals surface area contributed by atoms with E-state index in [9.17, 15) is 31.6 Å². The van der Waals surface area contributed by atoms with E-state index in [0.717, 1.165) is 0 Å². The Hall–Kier alpha value is -8.37. The molecule has 4 aromatic heterocycles. The van der Waals surface area contributed by atoms with Gasteiger partial charge in [-0.15, -0.1) is 0 Å². The first-order chi connectivity index (χ1) is 27.6. The Balaban J connectivity index is 1.53. The SMILES string of the molecule is CC1=C(C#N)C(c2ccco2)C(C#N)=C(C)N1c1nc(N2C(C)=C(C#N)C(c3ccco3)C(C#N)=C2C)nc(N2C(C)=C(C#N)C(c3ccco3)C(C#N)=C2C)n1. The van der Waals surface area contributed by atoms with Gasteiger partial charge in [-0.3, -0.25) is 14.7 Å². The summed E-state index contributed by atoms with van der Waals surface area (Å²) in [5.41, 5.74) is 3.68. The van der Waals surface area contributed by atoms with Crippen LogP contribution in [0.15, 0.2) is 136 Å². The number of aromatic nitrogens is 3. The molecule has 4 aromatic rings. The summed E-state index contributed by atoms with van der Waals surface area (Å²) in [5, 5.41) is 63.3. The van der Waals surface area contributed by atoms with Gasteiger partial charge in [0, 0.05) is 34.2 Å². The summed E-state index contributed by atoms with van der Waals surface area (Å²) in [4.78, 5) is 19.5. The van der Waals surface area contributed by atoms with E-state index in [-0.39, 0.29) is 51.3 Å². The van der Waals surface area contributed by atoms with Crippen molar-refractivity contribution in [3.8, 4) is 36.4 Å². The zero-order valence-corrected chi connectivity index (χ0v) is 31.5. The molecule has 15 nitrogen and oxygen atoms in total. The van der Waals surface area contributed by atoms with Gasteiger partial charge in [-0.2, -0.15) is 46.5 Å². The number of hydrogen-bond donors (Lipinski definition) is 0. The standard InChI is InChI=1S/C42H30N12O3/c1-22-28(16-43)37(34-10-7-13-55-34)29(17-44)23(2)52(22)40-49-41(53-24(3)30(18-45)38(31(19-46)25(53)4)35-11-8-14-56-35)51-42(50-40)54-26(5)32(20-47)39(33(21-48)27(54)6)36-12-9-15-57-36/h7-15,37-39H,1-6H3. The highest BCUT2D eigenvalue weighted by molar-refractivity contribution is 5.71. The van der Waals surface area contributed by atoms with E-state index in [4.69, 9.17) is 28.2 Å². The van der Waals surface area contributed by atoms with Crippen molar-refractivity contribution in [2.75, 3.05) is 14.7 Å². The van der Waals surface area contributed by atoms with Crippen molar-refractivity contribution >= 4 is 17.8 Å². The molecule has 3 aliphatic rings. The summed E-state index contributed by atoms with van der Waals surface area (Å²) in [6.07, 6.45) is 4.41. The van der Waals surface area contributed by atoms with Crippen molar-refractivity contribution in [2.24, 2.45) is 0 Å². The van der Waals surface area contributed by atoms with Crippen LogP contribution in [-0.2, 0) is 0 Å². The zero-order valence-electron chi connectivity index (χ0n) is 31.5. The third-order valence-electron chi connectivity index (χ3n) is 10.5. The molecule has 0 unspecified atom stereocenters. The van der Waals surface area contributed by atoms with Crippen LogP contribution >= 0.6 is 0 Å². The summed E-state index contributed by atoms with van der Waals surface area (Å²) in [7, 11) is 0. The first kappa shape index (κ1) is 37.0. The Morgan fingerprint density at radius 3 is 0.772 bits per heavy atom. The smallest absolute Gasteiger partial charge is 0.240 e. The van der Waals surface area contributed by atoms with Crippen molar-refractivity contribution in [3.05, 3.63) is 140 Å². The largest absolute Gasteiger partial charge is 0.468 e. The van der Waals surface area contributed by atoms with E-state index in [1.807, 2.05) is 0 Å². The summed E-state index contributed by atoms with van der Waals surface area (Å²) >= 11 is 0. The molecule has 276 valence electrons. The van der Waals surface area contributed by atoms with E-state index in [0.29, 0.717) is 51.5 Å². The van der Waals surface area contributed by atoms with Crippen LogP contribution in [0.25, 0.3) is 0 Å². The number of furan rings is 3. The van der Waals surface area contributed by atoms with Gasteiger partial charge in [0.2, 0.25) is 17.8 Å². The first-order valence-electron chi connectivity index (χ1n) is 17.5. The van der Waals surface area contributed by atoms with Crippen molar-refractivity contribution < 1.29 is 13.3 Å². The molecule has 0 aromatic carbocycles. The Kier molecular flexibility index (Phi) is 9.38. The average Bonchev–Trinajstić information content (AvgIpc) is 4.03. The number of anilines is 3. The molecule has 0 fully saturated rings. The summed E-state index contributed by atoms with van der Waals surface area (Å²) in [6.45, 7) is 10.2. The minimum atomic E-state index is -0.799. The van der Waals surface area contributed by atoms with Crippen LogP contribution in [0.3, 0.4) is 0 Å². The van der Waals surface area contributed by atoms with Crippen molar-refractivity contribution in [1.82, 2.24) is 15.0 Å². The Bertz CT molecular complexity index is 2360. The number of rotatable bonds is 6. The average molecular weight is 751 g/mol. The maximum Gasteiger partial charge on any atom is 0.240 e. The maximum atomic E-state index is 10.5. The Morgan fingerprint density at radius 1 is 0.404 bits per heavy atom. The van der Waals surface area contributed by atoms with E-state index in [1.54, 1.807) is 92.6 Å². The lowest BCUT2D eigenvalue weighted by Crippen LogP contribution is -2.35. The minimum absolute atomic E-state index is 0.0278. The lowest BCUT2D eigenvalue weighted by Gasteiger charge is -2.37. The van der Waals surface area contributed by atoms with Crippen LogP contribution in [0.2, 0.25) is 0 Å². The van der Waals surface area contributed by atoms with Gasteiger partial charge in [0.05, 0.1) is 106 Å². The number of allylic oxidation sites excluding steroid dienone is 12. The van der Waals surface area contributed by atoms with E-state index < -0.39 is 17.8 Å². The summed E-state index contributed by atoms with van der Waals surface area (Å²) < 4.78 is 17.1. The number of nitriles is 6. The van der Waals surface area contributed by atoms with Gasteiger partial charge in [-0.25, -0.2) is 0 Å².